The first-order valence-electron chi connectivity index (χ1n) is 6.28. The molecule has 0 bridgehead atoms. The highest BCUT2D eigenvalue weighted by atomic mass is 16.6. The van der Waals surface area contributed by atoms with Crippen LogP contribution in [-0.2, 0) is 11.2 Å². The van der Waals surface area contributed by atoms with Crippen molar-refractivity contribution in [3.05, 3.63) is 33.5 Å². The van der Waals surface area contributed by atoms with Crippen molar-refractivity contribution < 1.29 is 19.2 Å². The third-order valence-corrected chi connectivity index (χ3v) is 2.28. The minimum absolute atomic E-state index is 0.0172. The summed E-state index contributed by atoms with van der Waals surface area (Å²) in [7, 11) is 0. The van der Waals surface area contributed by atoms with Gasteiger partial charge in [0, 0.05) is 12.6 Å². The van der Waals surface area contributed by atoms with E-state index in [0.29, 0.717) is 18.3 Å². The summed E-state index contributed by atoms with van der Waals surface area (Å²) in [6.07, 6.45) is 0.197. The number of aromatic nitrogens is 1. The molecule has 0 aliphatic carbocycles. The number of nitrogens with one attached hydrogen (secondary N) is 1. The minimum Gasteiger partial charge on any atom is -0.444 e. The number of ether oxygens (including phenoxy) is 1. The van der Waals surface area contributed by atoms with E-state index in [0.717, 1.165) is 0 Å². The summed E-state index contributed by atoms with van der Waals surface area (Å²) in [6, 6.07) is 2.71. The van der Waals surface area contributed by atoms with Crippen LogP contribution in [0.2, 0.25) is 0 Å². The first kappa shape index (κ1) is 16.5. The molecule has 1 rings (SSSR count). The second-order valence-electron chi connectivity index (χ2n) is 5.31. The van der Waals surface area contributed by atoms with E-state index in [1.54, 1.807) is 20.8 Å². The Balaban J connectivity index is 2.63. The summed E-state index contributed by atoms with van der Waals surface area (Å²) in [6.45, 7) is 5.47. The number of aldehydes is 1. The number of alkyl carbamates (subject to hydrolysis) is 1. The molecule has 1 N–H and O–H groups in total. The molecular weight excluding hydrogens is 278 g/mol. The van der Waals surface area contributed by atoms with Crippen LogP contribution in [0.15, 0.2) is 12.1 Å². The lowest BCUT2D eigenvalue weighted by Gasteiger charge is -2.19. The molecular formula is C13H17N3O5. The smallest absolute Gasteiger partial charge is 0.407 e. The maximum atomic E-state index is 11.4. The standard InChI is InChI=1S/C13H17N3O5/c1-13(2,3)21-12(18)14-5-4-9-6-10(8-17)15-11(7-9)16(19)20/h6-8H,4-5H2,1-3H3,(H,14,18). The molecule has 0 aliphatic heterocycles. The molecule has 114 valence electrons. The summed E-state index contributed by atoms with van der Waals surface area (Å²) in [5, 5.41) is 13.2. The van der Waals surface area contributed by atoms with Crippen LogP contribution in [0.3, 0.4) is 0 Å². The van der Waals surface area contributed by atoms with Crippen molar-refractivity contribution in [2.75, 3.05) is 6.54 Å². The largest absolute Gasteiger partial charge is 0.444 e. The fourth-order valence-corrected chi connectivity index (χ4v) is 1.52. The first-order chi connectivity index (χ1) is 9.71. The van der Waals surface area contributed by atoms with Crippen LogP contribution in [0.1, 0.15) is 36.8 Å². The van der Waals surface area contributed by atoms with Gasteiger partial charge in [0.25, 0.3) is 0 Å². The molecule has 1 aromatic heterocycles. The number of carbonyl (C=O) groups excluding carboxylic acids is 2. The van der Waals surface area contributed by atoms with Crippen LogP contribution < -0.4 is 5.32 Å². The molecule has 0 saturated heterocycles. The normalized spacial score (nSPS) is 10.8. The summed E-state index contributed by atoms with van der Waals surface area (Å²) < 4.78 is 5.06. The second kappa shape index (κ2) is 6.78. The lowest BCUT2D eigenvalue weighted by molar-refractivity contribution is -0.389. The molecule has 0 aliphatic rings. The first-order valence-corrected chi connectivity index (χ1v) is 6.28. The fourth-order valence-electron chi connectivity index (χ4n) is 1.52. The van der Waals surface area contributed by atoms with Crippen LogP contribution >= 0.6 is 0 Å². The Kier molecular flexibility index (Phi) is 5.34. The van der Waals surface area contributed by atoms with Crippen molar-refractivity contribution >= 4 is 18.2 Å². The maximum Gasteiger partial charge on any atom is 0.407 e. The zero-order chi connectivity index (χ0) is 16.0. The Morgan fingerprint density at radius 1 is 1.48 bits per heavy atom. The van der Waals surface area contributed by atoms with E-state index in [1.807, 2.05) is 0 Å². The maximum absolute atomic E-state index is 11.4. The van der Waals surface area contributed by atoms with Crippen molar-refractivity contribution in [3.63, 3.8) is 0 Å². The zero-order valence-corrected chi connectivity index (χ0v) is 12.1. The van der Waals surface area contributed by atoms with E-state index in [1.165, 1.54) is 12.1 Å². The van der Waals surface area contributed by atoms with Crippen molar-refractivity contribution in [3.8, 4) is 0 Å². The fraction of sp³-hybridized carbons (Fsp3) is 0.462. The Morgan fingerprint density at radius 2 is 2.14 bits per heavy atom. The van der Waals surface area contributed by atoms with Crippen molar-refractivity contribution in [2.45, 2.75) is 32.8 Å². The topological polar surface area (TPSA) is 111 Å². The van der Waals surface area contributed by atoms with Gasteiger partial charge in [0.05, 0.1) is 0 Å². The third kappa shape index (κ3) is 5.98. The highest BCUT2D eigenvalue weighted by Gasteiger charge is 2.16. The number of rotatable bonds is 5. The quantitative estimate of drug-likeness (QED) is 0.504. The molecule has 0 fully saturated rings. The molecule has 21 heavy (non-hydrogen) atoms. The van der Waals surface area contributed by atoms with Gasteiger partial charge in [-0.05, 0) is 48.7 Å². The predicted octanol–water partition coefficient (Wildman–Crippen LogP) is 1.87. The Bertz CT molecular complexity index is 551. The SMILES string of the molecule is CC(C)(C)OC(=O)NCCc1cc(C=O)nc([N+](=O)[O-])c1. The molecule has 1 amide bonds. The van der Waals surface area contributed by atoms with Crippen LogP contribution in [0.25, 0.3) is 0 Å². The van der Waals surface area contributed by atoms with Gasteiger partial charge < -0.3 is 20.2 Å². The summed E-state index contributed by atoms with van der Waals surface area (Å²) in [5.74, 6) is -0.396. The average molecular weight is 295 g/mol. The second-order valence-corrected chi connectivity index (χ2v) is 5.31. The molecule has 1 heterocycles. The summed E-state index contributed by atoms with van der Waals surface area (Å²) in [5.41, 5.74) is -0.0733. The number of hydrogen-bond acceptors (Lipinski definition) is 6. The molecule has 0 aromatic carbocycles. The monoisotopic (exact) mass is 295 g/mol. The lowest BCUT2D eigenvalue weighted by atomic mass is 10.1. The summed E-state index contributed by atoms with van der Waals surface area (Å²) in [4.78, 5) is 35.7. The molecule has 0 spiro atoms. The van der Waals surface area contributed by atoms with Crippen LogP contribution in [-0.4, -0.2) is 34.4 Å². The van der Waals surface area contributed by atoms with Gasteiger partial charge >= 0.3 is 11.9 Å². The lowest BCUT2D eigenvalue weighted by Crippen LogP contribution is -2.33. The Labute approximate surface area is 121 Å². The number of pyridine rings is 1. The molecule has 8 heteroatoms. The average Bonchev–Trinajstić information content (AvgIpc) is 2.36. The van der Waals surface area contributed by atoms with Gasteiger partial charge in [0.2, 0.25) is 5.69 Å². The third-order valence-electron chi connectivity index (χ3n) is 2.28. The Hall–Kier alpha value is -2.51. The van der Waals surface area contributed by atoms with Crippen molar-refractivity contribution in [2.24, 2.45) is 0 Å². The molecule has 0 saturated carbocycles. The van der Waals surface area contributed by atoms with E-state index in [2.05, 4.69) is 10.3 Å². The number of nitrogens with zero attached hydrogens (tertiary/aromatic N) is 2. The highest BCUT2D eigenvalue weighted by molar-refractivity contribution is 5.72. The van der Waals surface area contributed by atoms with Gasteiger partial charge in [-0.1, -0.05) is 0 Å². The van der Waals surface area contributed by atoms with E-state index < -0.39 is 22.4 Å². The molecule has 0 atom stereocenters. The van der Waals surface area contributed by atoms with E-state index in [-0.39, 0.29) is 12.2 Å². The van der Waals surface area contributed by atoms with Gasteiger partial charge in [-0.25, -0.2) is 4.79 Å². The van der Waals surface area contributed by atoms with Gasteiger partial charge in [-0.3, -0.25) is 4.79 Å². The van der Waals surface area contributed by atoms with Gasteiger partial charge in [-0.15, -0.1) is 0 Å². The van der Waals surface area contributed by atoms with E-state index in [9.17, 15) is 19.7 Å². The molecule has 0 radical (unpaired) electrons. The molecule has 0 unspecified atom stereocenters. The van der Waals surface area contributed by atoms with Crippen LogP contribution in [0.4, 0.5) is 10.6 Å². The highest BCUT2D eigenvalue weighted by Crippen LogP contribution is 2.12. The Morgan fingerprint density at radius 3 is 2.67 bits per heavy atom. The van der Waals surface area contributed by atoms with Crippen LogP contribution in [0.5, 0.6) is 0 Å². The van der Waals surface area contributed by atoms with Crippen LogP contribution in [0, 0.1) is 10.1 Å². The summed E-state index contributed by atoms with van der Waals surface area (Å²) >= 11 is 0. The predicted molar refractivity (Wildman–Crippen MR) is 74.2 cm³/mol. The van der Waals surface area contributed by atoms with Gasteiger partial charge in [0.15, 0.2) is 6.29 Å². The number of carbonyl (C=O) groups is 2. The van der Waals surface area contributed by atoms with Gasteiger partial charge in [-0.2, -0.15) is 0 Å². The zero-order valence-electron chi connectivity index (χ0n) is 12.1. The van der Waals surface area contributed by atoms with Crippen molar-refractivity contribution in [1.82, 2.24) is 10.3 Å². The molecule has 1 aromatic rings. The van der Waals surface area contributed by atoms with Crippen molar-refractivity contribution in [1.29, 1.82) is 0 Å². The number of nitro groups is 1. The number of hydrogen-bond donors (Lipinski definition) is 1. The van der Waals surface area contributed by atoms with E-state index >= 15 is 0 Å². The van der Waals surface area contributed by atoms with Gasteiger partial charge in [0.1, 0.15) is 5.60 Å². The number of amides is 1. The molecule has 8 nitrogen and oxygen atoms in total. The minimum atomic E-state index is -0.669. The van der Waals surface area contributed by atoms with E-state index in [4.69, 9.17) is 4.74 Å².